The molecule has 1 aromatic carbocycles. The average molecular weight is 245 g/mol. The molecule has 1 aliphatic carbocycles. The fourth-order valence-corrected chi connectivity index (χ4v) is 3.53. The first-order valence-corrected chi connectivity index (χ1v) is 7.16. The van der Waals surface area contributed by atoms with Crippen molar-refractivity contribution in [3.63, 3.8) is 0 Å². The van der Waals surface area contributed by atoms with Gasteiger partial charge in [-0.3, -0.25) is 0 Å². The first-order chi connectivity index (χ1) is 8.32. The lowest BCUT2D eigenvalue weighted by atomic mass is 9.96. The van der Waals surface area contributed by atoms with Crippen molar-refractivity contribution in [1.29, 1.82) is 0 Å². The van der Waals surface area contributed by atoms with Crippen molar-refractivity contribution in [1.82, 2.24) is 0 Å². The van der Waals surface area contributed by atoms with E-state index in [-0.39, 0.29) is 6.04 Å². The summed E-state index contributed by atoms with van der Waals surface area (Å²) in [6.07, 6.45) is 2.37. The van der Waals surface area contributed by atoms with E-state index < -0.39 is 0 Å². The molecule has 0 bridgehead atoms. The van der Waals surface area contributed by atoms with Gasteiger partial charge in [0.15, 0.2) is 0 Å². The average Bonchev–Trinajstić information content (AvgIpc) is 2.70. The predicted molar refractivity (Wildman–Crippen MR) is 78.4 cm³/mol. The molecule has 0 saturated heterocycles. The smallest absolute Gasteiger partial charge is 0.0334 e. The summed E-state index contributed by atoms with van der Waals surface area (Å²) in [7, 11) is 0. The van der Waals surface area contributed by atoms with E-state index in [1.807, 2.05) is 0 Å². The zero-order valence-electron chi connectivity index (χ0n) is 12.5. The molecule has 1 fully saturated rings. The second-order valence-corrected chi connectivity index (χ2v) is 6.94. The maximum absolute atomic E-state index is 6.48. The van der Waals surface area contributed by atoms with Crippen LogP contribution in [0.3, 0.4) is 0 Å². The van der Waals surface area contributed by atoms with Crippen LogP contribution < -0.4 is 5.73 Å². The standard InChI is InChI=1S/C17H27N/c1-6-7-12-8-10-13(11-9-12)14(18)15-16(2,3)17(15,4)5/h8-11,14-15H,6-7,18H2,1-5H3. The summed E-state index contributed by atoms with van der Waals surface area (Å²) in [4.78, 5) is 0. The highest BCUT2D eigenvalue weighted by Crippen LogP contribution is 2.71. The van der Waals surface area contributed by atoms with Gasteiger partial charge < -0.3 is 5.73 Å². The number of benzene rings is 1. The predicted octanol–water partition coefficient (Wildman–Crippen LogP) is 4.32. The van der Waals surface area contributed by atoms with E-state index in [4.69, 9.17) is 5.73 Å². The van der Waals surface area contributed by atoms with Gasteiger partial charge in [-0.25, -0.2) is 0 Å². The fourth-order valence-electron chi connectivity index (χ4n) is 3.53. The minimum atomic E-state index is 0.172. The van der Waals surface area contributed by atoms with Crippen molar-refractivity contribution in [3.05, 3.63) is 35.4 Å². The lowest BCUT2D eigenvalue weighted by Crippen LogP contribution is -2.16. The second kappa shape index (κ2) is 4.38. The van der Waals surface area contributed by atoms with Crippen molar-refractivity contribution in [2.45, 2.75) is 53.5 Å². The molecule has 2 rings (SSSR count). The van der Waals surface area contributed by atoms with Crippen LogP contribution in [-0.4, -0.2) is 0 Å². The molecule has 0 heterocycles. The van der Waals surface area contributed by atoms with Crippen LogP contribution in [0.25, 0.3) is 0 Å². The number of nitrogens with two attached hydrogens (primary N) is 1. The van der Waals surface area contributed by atoms with Crippen LogP contribution in [0.5, 0.6) is 0 Å². The SMILES string of the molecule is CCCc1ccc(C(N)C2C(C)(C)C2(C)C)cc1. The third-order valence-corrected chi connectivity index (χ3v) is 5.39. The Balaban J connectivity index is 2.13. The monoisotopic (exact) mass is 245 g/mol. The zero-order valence-corrected chi connectivity index (χ0v) is 12.5. The van der Waals surface area contributed by atoms with Crippen molar-refractivity contribution >= 4 is 0 Å². The number of aryl methyl sites for hydroxylation is 1. The van der Waals surface area contributed by atoms with Crippen LogP contribution in [0.15, 0.2) is 24.3 Å². The molecule has 1 saturated carbocycles. The Labute approximate surface area is 112 Å². The van der Waals surface area contributed by atoms with Crippen LogP contribution in [0.2, 0.25) is 0 Å². The molecular formula is C17H27N. The lowest BCUT2D eigenvalue weighted by Gasteiger charge is -2.15. The highest BCUT2D eigenvalue weighted by molar-refractivity contribution is 5.29. The lowest BCUT2D eigenvalue weighted by molar-refractivity contribution is 0.457. The molecule has 0 radical (unpaired) electrons. The Hall–Kier alpha value is -0.820. The normalized spacial score (nSPS) is 22.8. The van der Waals surface area contributed by atoms with Crippen LogP contribution >= 0.6 is 0 Å². The third-order valence-electron chi connectivity index (χ3n) is 5.39. The van der Waals surface area contributed by atoms with Crippen LogP contribution in [0.4, 0.5) is 0 Å². The van der Waals surface area contributed by atoms with Gasteiger partial charge in [-0.1, -0.05) is 65.3 Å². The summed E-state index contributed by atoms with van der Waals surface area (Å²) < 4.78 is 0. The molecule has 0 amide bonds. The Bertz CT molecular complexity index is 400. The van der Waals surface area contributed by atoms with Gasteiger partial charge in [0.25, 0.3) is 0 Å². The van der Waals surface area contributed by atoms with Crippen molar-refractivity contribution in [2.24, 2.45) is 22.5 Å². The van der Waals surface area contributed by atoms with Gasteiger partial charge in [-0.05, 0) is 34.3 Å². The molecule has 1 unspecified atom stereocenters. The second-order valence-electron chi connectivity index (χ2n) is 6.94. The van der Waals surface area contributed by atoms with Gasteiger partial charge in [-0.2, -0.15) is 0 Å². The summed E-state index contributed by atoms with van der Waals surface area (Å²) in [5, 5.41) is 0. The van der Waals surface area contributed by atoms with Gasteiger partial charge in [0.2, 0.25) is 0 Å². The number of hydrogen-bond donors (Lipinski definition) is 1. The van der Waals surface area contributed by atoms with E-state index in [0.29, 0.717) is 16.7 Å². The van der Waals surface area contributed by atoms with Gasteiger partial charge >= 0.3 is 0 Å². The summed E-state index contributed by atoms with van der Waals surface area (Å²) in [6, 6.07) is 9.09. The number of hydrogen-bond acceptors (Lipinski definition) is 1. The molecule has 0 spiro atoms. The largest absolute Gasteiger partial charge is 0.324 e. The van der Waals surface area contributed by atoms with E-state index in [0.717, 1.165) is 6.42 Å². The molecule has 1 aliphatic rings. The van der Waals surface area contributed by atoms with Crippen molar-refractivity contribution in [3.8, 4) is 0 Å². The number of rotatable bonds is 4. The first-order valence-electron chi connectivity index (χ1n) is 7.16. The van der Waals surface area contributed by atoms with E-state index in [1.165, 1.54) is 17.5 Å². The Morgan fingerprint density at radius 1 is 1.06 bits per heavy atom. The Morgan fingerprint density at radius 3 is 1.94 bits per heavy atom. The maximum Gasteiger partial charge on any atom is 0.0334 e. The molecule has 0 aliphatic heterocycles. The molecule has 2 N–H and O–H groups in total. The van der Waals surface area contributed by atoms with Gasteiger partial charge in [0, 0.05) is 6.04 Å². The zero-order chi connectivity index (χ0) is 13.6. The molecule has 18 heavy (non-hydrogen) atoms. The molecule has 0 aromatic heterocycles. The molecule has 1 heteroatoms. The van der Waals surface area contributed by atoms with E-state index >= 15 is 0 Å². The minimum Gasteiger partial charge on any atom is -0.324 e. The fraction of sp³-hybridized carbons (Fsp3) is 0.647. The van der Waals surface area contributed by atoms with E-state index in [1.54, 1.807) is 0 Å². The summed E-state index contributed by atoms with van der Waals surface area (Å²) >= 11 is 0. The molecule has 1 atom stereocenters. The topological polar surface area (TPSA) is 26.0 Å². The maximum atomic E-state index is 6.48. The first kappa shape index (κ1) is 13.6. The van der Waals surface area contributed by atoms with Gasteiger partial charge in [0.05, 0.1) is 0 Å². The Morgan fingerprint density at radius 2 is 1.56 bits per heavy atom. The van der Waals surface area contributed by atoms with E-state index in [2.05, 4.69) is 58.9 Å². The molecule has 1 aromatic rings. The van der Waals surface area contributed by atoms with Crippen LogP contribution in [-0.2, 0) is 6.42 Å². The van der Waals surface area contributed by atoms with E-state index in [9.17, 15) is 0 Å². The van der Waals surface area contributed by atoms with Gasteiger partial charge in [0.1, 0.15) is 0 Å². The highest BCUT2D eigenvalue weighted by atomic mass is 14.8. The van der Waals surface area contributed by atoms with Crippen LogP contribution in [0.1, 0.15) is 58.2 Å². The third kappa shape index (κ3) is 1.99. The highest BCUT2D eigenvalue weighted by Gasteiger charge is 2.66. The van der Waals surface area contributed by atoms with Crippen molar-refractivity contribution in [2.75, 3.05) is 0 Å². The Kier molecular flexibility index (Phi) is 3.31. The minimum absolute atomic E-state index is 0.172. The summed E-state index contributed by atoms with van der Waals surface area (Å²) in [5.41, 5.74) is 9.90. The summed E-state index contributed by atoms with van der Waals surface area (Å²) in [6.45, 7) is 11.6. The summed E-state index contributed by atoms with van der Waals surface area (Å²) in [5.74, 6) is 0.585. The molecular weight excluding hydrogens is 218 g/mol. The molecule has 100 valence electrons. The quantitative estimate of drug-likeness (QED) is 0.840. The van der Waals surface area contributed by atoms with Crippen LogP contribution in [0, 0.1) is 16.7 Å². The van der Waals surface area contributed by atoms with Crippen molar-refractivity contribution < 1.29 is 0 Å². The van der Waals surface area contributed by atoms with Gasteiger partial charge in [-0.15, -0.1) is 0 Å². The molecule has 1 nitrogen and oxygen atoms in total.